The lowest BCUT2D eigenvalue weighted by Crippen LogP contribution is -2.48. The number of rotatable bonds is 6. The van der Waals surface area contributed by atoms with E-state index in [1.54, 1.807) is 0 Å². The highest BCUT2D eigenvalue weighted by Crippen LogP contribution is 2.38. The molecular formula is C10H8F14O. The van der Waals surface area contributed by atoms with Crippen molar-refractivity contribution < 1.29 is 66.2 Å². The van der Waals surface area contributed by atoms with E-state index in [4.69, 9.17) is 0 Å². The molecular weight excluding hydrogens is 402 g/mol. The molecule has 0 aliphatic heterocycles. The van der Waals surface area contributed by atoms with Gasteiger partial charge in [-0.05, 0) is 0 Å². The molecule has 0 aromatic heterocycles. The zero-order chi connectivity index (χ0) is 20.4. The Morgan fingerprint density at radius 2 is 0.760 bits per heavy atom. The summed E-state index contributed by atoms with van der Waals surface area (Å²) in [6.45, 7) is 0. The molecule has 4 unspecified atom stereocenters. The molecule has 0 fully saturated rings. The average Bonchev–Trinajstić information content (AvgIpc) is 2.29. The summed E-state index contributed by atoms with van der Waals surface area (Å²) in [6, 6.07) is 0. The van der Waals surface area contributed by atoms with Crippen LogP contribution in [0.4, 0.5) is 61.5 Å². The van der Waals surface area contributed by atoms with Gasteiger partial charge < -0.3 is 4.74 Å². The van der Waals surface area contributed by atoms with Gasteiger partial charge in [0.2, 0.25) is 12.3 Å². The summed E-state index contributed by atoms with van der Waals surface area (Å²) in [5, 5.41) is 0. The van der Waals surface area contributed by atoms with Crippen molar-refractivity contribution in [3.8, 4) is 0 Å². The molecule has 0 bridgehead atoms. The Kier molecular flexibility index (Phi) is 7.38. The first-order chi connectivity index (χ1) is 10.7. The van der Waals surface area contributed by atoms with Crippen LogP contribution >= 0.6 is 0 Å². The standard InChI is InChI=1S/C10H8F14O/c11-5(9(19,20)21)3(1-7(13,14)15)25-4(2-8(16,17)18)6(12)10(22,23)24/h3-6H,1-2H2. The van der Waals surface area contributed by atoms with Crippen molar-refractivity contribution in [2.24, 2.45) is 0 Å². The fraction of sp³-hybridized carbons (Fsp3) is 1.00. The molecule has 0 aromatic rings. The average molecular weight is 410 g/mol. The lowest BCUT2D eigenvalue weighted by atomic mass is 10.1. The van der Waals surface area contributed by atoms with Crippen molar-refractivity contribution in [1.29, 1.82) is 0 Å². The molecule has 0 aromatic carbocycles. The first kappa shape index (κ1) is 24.0. The van der Waals surface area contributed by atoms with Crippen LogP contribution in [0.15, 0.2) is 0 Å². The van der Waals surface area contributed by atoms with Gasteiger partial charge >= 0.3 is 24.7 Å². The summed E-state index contributed by atoms with van der Waals surface area (Å²) in [5.74, 6) is 0. The minimum absolute atomic E-state index is 2.88. The van der Waals surface area contributed by atoms with Gasteiger partial charge in [-0.25, -0.2) is 8.78 Å². The predicted molar refractivity (Wildman–Crippen MR) is 51.9 cm³/mol. The third-order valence-corrected chi connectivity index (χ3v) is 2.49. The highest BCUT2D eigenvalue weighted by atomic mass is 19.4. The van der Waals surface area contributed by atoms with Crippen molar-refractivity contribution in [2.45, 2.75) is 62.1 Å². The molecule has 0 spiro atoms. The van der Waals surface area contributed by atoms with E-state index in [-0.39, 0.29) is 0 Å². The monoisotopic (exact) mass is 410 g/mol. The summed E-state index contributed by atoms with van der Waals surface area (Å²) in [5.41, 5.74) is 0. The number of hydrogen-bond donors (Lipinski definition) is 0. The zero-order valence-corrected chi connectivity index (χ0v) is 11.4. The van der Waals surface area contributed by atoms with E-state index in [1.807, 2.05) is 0 Å². The topological polar surface area (TPSA) is 9.23 Å². The third-order valence-electron chi connectivity index (χ3n) is 2.49. The summed E-state index contributed by atoms with van der Waals surface area (Å²) < 4.78 is 175. The fourth-order valence-electron chi connectivity index (χ4n) is 1.54. The molecule has 0 N–H and O–H groups in total. The Balaban J connectivity index is 5.64. The van der Waals surface area contributed by atoms with Gasteiger partial charge in [-0.15, -0.1) is 0 Å². The van der Waals surface area contributed by atoms with Crippen molar-refractivity contribution in [1.82, 2.24) is 0 Å². The second-order valence-corrected chi connectivity index (χ2v) is 4.74. The van der Waals surface area contributed by atoms with Crippen LogP contribution in [0, 0.1) is 0 Å². The summed E-state index contributed by atoms with van der Waals surface area (Å²) >= 11 is 0. The van der Waals surface area contributed by atoms with Crippen molar-refractivity contribution in [2.75, 3.05) is 0 Å². The van der Waals surface area contributed by atoms with Gasteiger partial charge in [0.1, 0.15) is 12.2 Å². The summed E-state index contributed by atoms with van der Waals surface area (Å²) in [7, 11) is 0. The Bertz CT molecular complexity index is 366. The van der Waals surface area contributed by atoms with Gasteiger partial charge in [0.25, 0.3) is 0 Å². The lowest BCUT2D eigenvalue weighted by molar-refractivity contribution is -0.274. The minimum Gasteiger partial charge on any atom is -0.367 e. The van der Waals surface area contributed by atoms with E-state index in [2.05, 4.69) is 4.74 Å². The predicted octanol–water partition coefficient (Wildman–Crippen LogP) is 5.45. The zero-order valence-electron chi connectivity index (χ0n) is 11.4. The van der Waals surface area contributed by atoms with Gasteiger partial charge in [0, 0.05) is 0 Å². The second-order valence-electron chi connectivity index (χ2n) is 4.74. The van der Waals surface area contributed by atoms with Gasteiger partial charge in [-0.3, -0.25) is 0 Å². The van der Waals surface area contributed by atoms with Crippen LogP contribution in [0.1, 0.15) is 12.8 Å². The molecule has 152 valence electrons. The van der Waals surface area contributed by atoms with Crippen LogP contribution in [0.25, 0.3) is 0 Å². The Hall–Kier alpha value is -1.02. The molecule has 0 saturated heterocycles. The SMILES string of the molecule is FC(C(CC(F)(F)F)OC(CC(F)(F)F)C(F)C(F)(F)F)C(F)(F)F. The van der Waals surface area contributed by atoms with E-state index in [9.17, 15) is 61.5 Å². The number of ether oxygens (including phenoxy) is 1. The smallest absolute Gasteiger partial charge is 0.367 e. The van der Waals surface area contributed by atoms with Crippen LogP contribution in [0.3, 0.4) is 0 Å². The maximum Gasteiger partial charge on any atom is 0.422 e. The van der Waals surface area contributed by atoms with Crippen molar-refractivity contribution >= 4 is 0 Å². The minimum atomic E-state index is -6.09. The number of hydrogen-bond acceptors (Lipinski definition) is 1. The molecule has 0 aliphatic rings. The van der Waals surface area contributed by atoms with Gasteiger partial charge in [-0.1, -0.05) is 0 Å². The maximum absolute atomic E-state index is 13.0. The second kappa shape index (κ2) is 7.70. The summed E-state index contributed by atoms with van der Waals surface area (Å²) in [6.07, 6.45) is -46.1. The largest absolute Gasteiger partial charge is 0.422 e. The first-order valence-corrected chi connectivity index (χ1v) is 5.94. The molecule has 0 rings (SSSR count). The highest BCUT2D eigenvalue weighted by Gasteiger charge is 2.55. The van der Waals surface area contributed by atoms with Crippen molar-refractivity contribution in [3.63, 3.8) is 0 Å². The molecule has 25 heavy (non-hydrogen) atoms. The molecule has 0 saturated carbocycles. The molecule has 4 atom stereocenters. The Labute approximate surface area is 129 Å². The Morgan fingerprint density at radius 3 is 0.920 bits per heavy atom. The van der Waals surface area contributed by atoms with Crippen LogP contribution in [0.5, 0.6) is 0 Å². The van der Waals surface area contributed by atoms with Crippen LogP contribution < -0.4 is 0 Å². The third kappa shape index (κ3) is 9.30. The quantitative estimate of drug-likeness (QED) is 0.530. The van der Waals surface area contributed by atoms with E-state index in [0.717, 1.165) is 0 Å². The normalized spacial score (nSPS) is 19.4. The molecule has 15 heteroatoms. The van der Waals surface area contributed by atoms with Gasteiger partial charge in [0.15, 0.2) is 0 Å². The first-order valence-electron chi connectivity index (χ1n) is 5.94. The molecule has 1 nitrogen and oxygen atoms in total. The lowest BCUT2D eigenvalue weighted by Gasteiger charge is -2.31. The number of halogens is 14. The molecule has 0 radical (unpaired) electrons. The molecule has 0 amide bonds. The molecule has 0 heterocycles. The molecule has 0 aliphatic carbocycles. The van der Waals surface area contributed by atoms with E-state index < -0.39 is 62.1 Å². The number of alkyl halides is 14. The van der Waals surface area contributed by atoms with Crippen LogP contribution in [-0.2, 0) is 4.74 Å². The van der Waals surface area contributed by atoms with Gasteiger partial charge in [0.05, 0.1) is 12.8 Å². The van der Waals surface area contributed by atoms with Crippen molar-refractivity contribution in [3.05, 3.63) is 0 Å². The van der Waals surface area contributed by atoms with E-state index in [1.165, 1.54) is 0 Å². The fourth-order valence-corrected chi connectivity index (χ4v) is 1.54. The van der Waals surface area contributed by atoms with Crippen LogP contribution in [-0.4, -0.2) is 49.3 Å². The van der Waals surface area contributed by atoms with Gasteiger partial charge in [-0.2, -0.15) is 52.7 Å². The summed E-state index contributed by atoms with van der Waals surface area (Å²) in [4.78, 5) is 0. The van der Waals surface area contributed by atoms with E-state index in [0.29, 0.717) is 0 Å². The highest BCUT2D eigenvalue weighted by molar-refractivity contribution is 4.85. The van der Waals surface area contributed by atoms with E-state index >= 15 is 0 Å². The maximum atomic E-state index is 13.0. The Morgan fingerprint density at radius 1 is 0.520 bits per heavy atom. The van der Waals surface area contributed by atoms with Crippen LogP contribution in [0.2, 0.25) is 0 Å².